The highest BCUT2D eigenvalue weighted by atomic mass is 16.6. The second kappa shape index (κ2) is 7.32. The van der Waals surface area contributed by atoms with Crippen molar-refractivity contribution in [2.24, 2.45) is 0 Å². The Hall–Kier alpha value is -4.00. The van der Waals surface area contributed by atoms with E-state index in [9.17, 15) is 14.9 Å². The van der Waals surface area contributed by atoms with E-state index in [1.807, 2.05) is 60.7 Å². The summed E-state index contributed by atoms with van der Waals surface area (Å²) in [7, 11) is 0. The van der Waals surface area contributed by atoms with Gasteiger partial charge in [0.1, 0.15) is 11.9 Å². The third-order valence-electron chi connectivity index (χ3n) is 4.34. The number of aromatic nitrogens is 2. The highest BCUT2D eigenvalue weighted by Gasteiger charge is 2.21. The molecule has 1 heterocycles. The lowest BCUT2D eigenvalue weighted by Crippen LogP contribution is -2.25. The molecule has 0 saturated carbocycles. The van der Waals surface area contributed by atoms with Crippen LogP contribution in [0.5, 0.6) is 0 Å². The lowest BCUT2D eigenvalue weighted by atomic mass is 10.2. The fourth-order valence-electron chi connectivity index (χ4n) is 3.02. The lowest BCUT2D eigenvalue weighted by Gasteiger charge is -2.09. The van der Waals surface area contributed by atoms with Crippen LogP contribution in [0, 0.1) is 10.1 Å². The van der Waals surface area contributed by atoms with Crippen molar-refractivity contribution >= 4 is 28.2 Å². The van der Waals surface area contributed by atoms with Crippen LogP contribution in [0.2, 0.25) is 0 Å². The molecule has 1 N–H and O–H groups in total. The van der Waals surface area contributed by atoms with Gasteiger partial charge in [0.15, 0.2) is 5.52 Å². The minimum absolute atomic E-state index is 0.0786. The van der Waals surface area contributed by atoms with Crippen LogP contribution in [-0.4, -0.2) is 14.5 Å². The van der Waals surface area contributed by atoms with Gasteiger partial charge in [0, 0.05) is 11.4 Å². The molecule has 0 aliphatic carbocycles. The van der Waals surface area contributed by atoms with E-state index in [2.05, 4.69) is 10.3 Å². The van der Waals surface area contributed by atoms with Gasteiger partial charge in [-0.15, -0.1) is 0 Å². The number of anilines is 2. The van der Waals surface area contributed by atoms with E-state index in [-0.39, 0.29) is 6.54 Å². The fourth-order valence-corrected chi connectivity index (χ4v) is 3.02. The quantitative estimate of drug-likeness (QED) is 0.421. The normalized spacial score (nSPS) is 10.7. The first-order valence-corrected chi connectivity index (χ1v) is 8.67. The van der Waals surface area contributed by atoms with Gasteiger partial charge in [0.2, 0.25) is 0 Å². The molecule has 0 atom stereocenters. The Kier molecular flexibility index (Phi) is 4.55. The van der Waals surface area contributed by atoms with E-state index < -0.39 is 16.4 Å². The van der Waals surface area contributed by atoms with E-state index >= 15 is 0 Å². The molecule has 0 amide bonds. The molecule has 7 heteroatoms. The summed E-state index contributed by atoms with van der Waals surface area (Å²) in [5.74, 6) is -0.467. The second-order valence-electron chi connectivity index (χ2n) is 6.27. The van der Waals surface area contributed by atoms with Crippen LogP contribution in [-0.2, 0) is 6.54 Å². The Labute approximate surface area is 160 Å². The molecule has 0 fully saturated rings. The number of nitrogens with zero attached hydrogens (tertiary/aromatic N) is 3. The Bertz CT molecular complexity index is 1200. The average Bonchev–Trinajstić information content (AvgIpc) is 2.71. The molecule has 0 bridgehead atoms. The molecule has 3 aromatic carbocycles. The first-order valence-electron chi connectivity index (χ1n) is 8.67. The van der Waals surface area contributed by atoms with Gasteiger partial charge >= 0.3 is 11.5 Å². The minimum Gasteiger partial charge on any atom is -0.390 e. The number of hydrogen-bond acceptors (Lipinski definition) is 5. The van der Waals surface area contributed by atoms with Crippen LogP contribution < -0.4 is 10.9 Å². The molecule has 7 nitrogen and oxygen atoms in total. The minimum atomic E-state index is -0.625. The van der Waals surface area contributed by atoms with Crippen molar-refractivity contribution in [3.63, 3.8) is 0 Å². The highest BCUT2D eigenvalue weighted by Crippen LogP contribution is 2.21. The monoisotopic (exact) mass is 372 g/mol. The van der Waals surface area contributed by atoms with Crippen LogP contribution in [0.1, 0.15) is 5.56 Å². The molecular weight excluding hydrogens is 356 g/mol. The number of hydrogen-bond donors (Lipinski definition) is 1. The zero-order valence-electron chi connectivity index (χ0n) is 14.8. The summed E-state index contributed by atoms with van der Waals surface area (Å²) < 4.78 is 1.10. The Balaban J connectivity index is 1.82. The SMILES string of the molecule is O=c1c2cc(Nc3ccccc3)ccc2nc([N+](=O)[O-])n1Cc1ccccc1. The van der Waals surface area contributed by atoms with Gasteiger partial charge in [-0.3, -0.25) is 4.79 Å². The van der Waals surface area contributed by atoms with Gasteiger partial charge in [-0.1, -0.05) is 53.5 Å². The van der Waals surface area contributed by atoms with Gasteiger partial charge in [0.25, 0.3) is 0 Å². The summed E-state index contributed by atoms with van der Waals surface area (Å²) in [5.41, 5.74) is 2.21. The predicted molar refractivity (Wildman–Crippen MR) is 108 cm³/mol. The third kappa shape index (κ3) is 3.45. The highest BCUT2D eigenvalue weighted by molar-refractivity contribution is 5.83. The van der Waals surface area contributed by atoms with Crippen molar-refractivity contribution in [2.75, 3.05) is 5.32 Å². The molecule has 0 saturated heterocycles. The van der Waals surface area contributed by atoms with E-state index in [0.29, 0.717) is 16.6 Å². The van der Waals surface area contributed by atoms with E-state index in [0.717, 1.165) is 15.8 Å². The summed E-state index contributed by atoms with van der Waals surface area (Å²) in [5, 5.41) is 15.0. The van der Waals surface area contributed by atoms with E-state index in [4.69, 9.17) is 0 Å². The topological polar surface area (TPSA) is 90.1 Å². The average molecular weight is 372 g/mol. The van der Waals surface area contributed by atoms with Crippen molar-refractivity contribution in [2.45, 2.75) is 6.54 Å². The Morgan fingerprint density at radius 3 is 2.29 bits per heavy atom. The maximum Gasteiger partial charge on any atom is 0.438 e. The number of nitro groups is 1. The molecule has 138 valence electrons. The van der Waals surface area contributed by atoms with E-state index in [1.54, 1.807) is 18.2 Å². The van der Waals surface area contributed by atoms with Crippen LogP contribution in [0.4, 0.5) is 17.3 Å². The predicted octanol–water partition coefficient (Wildman–Crippen LogP) is 4.10. The second-order valence-corrected chi connectivity index (χ2v) is 6.27. The maximum absolute atomic E-state index is 13.1. The zero-order chi connectivity index (χ0) is 19.5. The molecular formula is C21H16N4O3. The van der Waals surface area contributed by atoms with Crippen molar-refractivity contribution < 1.29 is 4.92 Å². The van der Waals surface area contributed by atoms with Crippen LogP contribution in [0.15, 0.2) is 83.7 Å². The molecule has 0 unspecified atom stereocenters. The van der Waals surface area contributed by atoms with Crippen LogP contribution in [0.25, 0.3) is 10.9 Å². The molecule has 0 aliphatic rings. The van der Waals surface area contributed by atoms with Crippen LogP contribution in [0.3, 0.4) is 0 Å². The van der Waals surface area contributed by atoms with Crippen molar-refractivity contribution in [3.8, 4) is 0 Å². The van der Waals surface area contributed by atoms with Gasteiger partial charge in [-0.05, 0) is 40.8 Å². The van der Waals surface area contributed by atoms with Gasteiger partial charge in [-0.2, -0.15) is 4.57 Å². The van der Waals surface area contributed by atoms with Crippen molar-refractivity contribution in [1.82, 2.24) is 9.55 Å². The van der Waals surface area contributed by atoms with Crippen molar-refractivity contribution in [3.05, 3.63) is 105 Å². The molecule has 4 aromatic rings. The summed E-state index contributed by atoms with van der Waals surface area (Å²) in [4.78, 5) is 28.0. The first kappa shape index (κ1) is 17.4. The number of benzene rings is 3. The standard InChI is InChI=1S/C21H16N4O3/c26-20-18-13-17(22-16-9-5-2-6-10-16)11-12-19(18)23-21(25(27)28)24(20)14-15-7-3-1-4-8-15/h1-13,22H,14H2. The molecule has 0 radical (unpaired) electrons. The maximum atomic E-state index is 13.1. The summed E-state index contributed by atoms with van der Waals surface area (Å²) >= 11 is 0. The summed E-state index contributed by atoms with van der Waals surface area (Å²) in [6.45, 7) is 0.0786. The van der Waals surface area contributed by atoms with Crippen LogP contribution >= 0.6 is 0 Å². The number of rotatable bonds is 5. The Morgan fingerprint density at radius 1 is 0.929 bits per heavy atom. The van der Waals surface area contributed by atoms with Gasteiger partial charge < -0.3 is 15.4 Å². The first-order chi connectivity index (χ1) is 13.6. The fraction of sp³-hybridized carbons (Fsp3) is 0.0476. The molecule has 28 heavy (non-hydrogen) atoms. The number of para-hydroxylation sites is 1. The number of fused-ring (bicyclic) bond motifs is 1. The largest absolute Gasteiger partial charge is 0.438 e. The molecule has 0 aliphatic heterocycles. The Morgan fingerprint density at radius 2 is 1.61 bits per heavy atom. The molecule has 4 rings (SSSR count). The van der Waals surface area contributed by atoms with E-state index in [1.165, 1.54) is 0 Å². The molecule has 1 aromatic heterocycles. The zero-order valence-corrected chi connectivity index (χ0v) is 14.8. The summed E-state index contributed by atoms with van der Waals surface area (Å²) in [6.07, 6.45) is 0. The van der Waals surface area contributed by atoms with Gasteiger partial charge in [-0.25, -0.2) is 0 Å². The van der Waals surface area contributed by atoms with Crippen molar-refractivity contribution in [1.29, 1.82) is 0 Å². The third-order valence-corrected chi connectivity index (χ3v) is 4.34. The lowest BCUT2D eigenvalue weighted by molar-refractivity contribution is -0.397. The smallest absolute Gasteiger partial charge is 0.390 e. The summed E-state index contributed by atoms with van der Waals surface area (Å²) in [6, 6.07) is 23.7. The molecule has 0 spiro atoms. The van der Waals surface area contributed by atoms with Gasteiger partial charge in [0.05, 0.1) is 0 Å². The number of nitrogens with one attached hydrogen (secondary N) is 1.